The number of hydrogen-bond acceptors (Lipinski definition) is 2. The summed E-state index contributed by atoms with van der Waals surface area (Å²) in [4.78, 5) is 2.51. The lowest BCUT2D eigenvalue weighted by Crippen LogP contribution is -2.28. The molecule has 0 aromatic rings. The van der Waals surface area contributed by atoms with Gasteiger partial charge in [0.2, 0.25) is 0 Å². The molecule has 1 aliphatic rings. The highest BCUT2D eigenvalue weighted by Gasteiger charge is 2.19. The van der Waals surface area contributed by atoms with Gasteiger partial charge in [0, 0.05) is 12.1 Å². The van der Waals surface area contributed by atoms with Gasteiger partial charge < -0.3 is 10.2 Å². The third-order valence-electron chi connectivity index (χ3n) is 2.94. The minimum absolute atomic E-state index is 0.640. The van der Waals surface area contributed by atoms with Crippen LogP contribution in [-0.4, -0.2) is 37.1 Å². The van der Waals surface area contributed by atoms with Gasteiger partial charge in [0.05, 0.1) is 0 Å². The lowest BCUT2D eigenvalue weighted by Gasteiger charge is -2.19. The summed E-state index contributed by atoms with van der Waals surface area (Å²) in [6.07, 6.45) is 5.51. The van der Waals surface area contributed by atoms with Crippen LogP contribution in [0.25, 0.3) is 0 Å². The second-order valence-corrected chi connectivity index (χ2v) is 4.53. The Morgan fingerprint density at radius 2 is 2.23 bits per heavy atom. The molecular formula is C11H24N2. The third kappa shape index (κ3) is 4.10. The molecule has 1 fully saturated rings. The summed E-state index contributed by atoms with van der Waals surface area (Å²) in [5.41, 5.74) is 0. The zero-order valence-electron chi connectivity index (χ0n) is 9.34. The first kappa shape index (κ1) is 11.0. The molecule has 0 saturated carbocycles. The molecule has 0 aromatic carbocycles. The number of hydrogen-bond donors (Lipinski definition) is 1. The Morgan fingerprint density at radius 1 is 1.46 bits per heavy atom. The van der Waals surface area contributed by atoms with Crippen molar-refractivity contribution in [2.24, 2.45) is 0 Å². The molecule has 0 aliphatic carbocycles. The first-order chi connectivity index (χ1) is 6.20. The molecule has 0 aromatic heterocycles. The van der Waals surface area contributed by atoms with Gasteiger partial charge in [-0.1, -0.05) is 13.8 Å². The van der Waals surface area contributed by atoms with E-state index >= 15 is 0 Å². The maximum absolute atomic E-state index is 3.47. The van der Waals surface area contributed by atoms with E-state index in [4.69, 9.17) is 0 Å². The number of likely N-dealkylation sites (tertiary alicyclic amines) is 1. The van der Waals surface area contributed by atoms with Crippen molar-refractivity contribution < 1.29 is 0 Å². The van der Waals surface area contributed by atoms with Crippen LogP contribution in [0.4, 0.5) is 0 Å². The molecule has 1 unspecified atom stereocenters. The number of nitrogens with one attached hydrogen (secondary N) is 1. The topological polar surface area (TPSA) is 15.3 Å². The van der Waals surface area contributed by atoms with Crippen LogP contribution in [-0.2, 0) is 0 Å². The van der Waals surface area contributed by atoms with Crippen molar-refractivity contribution in [3.63, 3.8) is 0 Å². The Balaban J connectivity index is 1.99. The first-order valence-corrected chi connectivity index (χ1v) is 5.64. The van der Waals surface area contributed by atoms with Gasteiger partial charge in [-0.15, -0.1) is 0 Å². The van der Waals surface area contributed by atoms with Crippen molar-refractivity contribution in [1.82, 2.24) is 10.2 Å². The van der Waals surface area contributed by atoms with Crippen LogP contribution in [0.1, 0.15) is 39.5 Å². The fourth-order valence-corrected chi connectivity index (χ4v) is 2.07. The molecular weight excluding hydrogens is 160 g/mol. The molecule has 1 N–H and O–H groups in total. The summed E-state index contributed by atoms with van der Waals surface area (Å²) >= 11 is 0. The van der Waals surface area contributed by atoms with Gasteiger partial charge in [0.15, 0.2) is 0 Å². The van der Waals surface area contributed by atoms with E-state index in [1.54, 1.807) is 0 Å². The first-order valence-electron chi connectivity index (χ1n) is 5.64. The number of rotatable bonds is 5. The average Bonchev–Trinajstić information content (AvgIpc) is 2.45. The quantitative estimate of drug-likeness (QED) is 0.656. The smallest absolute Gasteiger partial charge is 0.00931 e. The summed E-state index contributed by atoms with van der Waals surface area (Å²) in [6.45, 7) is 6.91. The van der Waals surface area contributed by atoms with Crippen LogP contribution < -0.4 is 5.32 Å². The van der Waals surface area contributed by atoms with E-state index in [1.807, 2.05) is 0 Å². The summed E-state index contributed by atoms with van der Waals surface area (Å²) in [7, 11) is 2.26. The van der Waals surface area contributed by atoms with Gasteiger partial charge in [-0.2, -0.15) is 0 Å². The molecule has 0 radical (unpaired) electrons. The van der Waals surface area contributed by atoms with E-state index in [0.717, 1.165) is 6.04 Å². The van der Waals surface area contributed by atoms with Gasteiger partial charge in [-0.3, -0.25) is 0 Å². The van der Waals surface area contributed by atoms with Crippen molar-refractivity contribution in [2.75, 3.05) is 20.1 Å². The summed E-state index contributed by atoms with van der Waals surface area (Å²) in [5, 5.41) is 3.47. The van der Waals surface area contributed by atoms with E-state index < -0.39 is 0 Å². The van der Waals surface area contributed by atoms with Crippen molar-refractivity contribution in [3.05, 3.63) is 0 Å². The highest BCUT2D eigenvalue weighted by atomic mass is 15.1. The maximum Gasteiger partial charge on any atom is 0.00931 e. The Bertz CT molecular complexity index is 134. The Hall–Kier alpha value is -0.0800. The second-order valence-electron chi connectivity index (χ2n) is 4.53. The largest absolute Gasteiger partial charge is 0.315 e. The Labute approximate surface area is 82.7 Å². The van der Waals surface area contributed by atoms with Crippen LogP contribution in [0.5, 0.6) is 0 Å². The van der Waals surface area contributed by atoms with Crippen molar-refractivity contribution in [3.8, 4) is 0 Å². The Kier molecular flexibility index (Phi) is 4.74. The maximum atomic E-state index is 3.47. The molecule has 1 aliphatic heterocycles. The Morgan fingerprint density at radius 3 is 2.77 bits per heavy atom. The van der Waals surface area contributed by atoms with E-state index in [0.29, 0.717) is 6.04 Å². The molecule has 1 atom stereocenters. The minimum atomic E-state index is 0.640. The lowest BCUT2D eigenvalue weighted by molar-refractivity contribution is 0.290. The van der Waals surface area contributed by atoms with Gasteiger partial charge in [-0.05, 0) is 45.8 Å². The van der Waals surface area contributed by atoms with Crippen LogP contribution in [0, 0.1) is 0 Å². The standard InChI is InChI=1S/C11H24N2/c1-10(2)12-8-4-6-11-7-5-9-13(11)3/h10-12H,4-9H2,1-3H3. The molecule has 1 heterocycles. The fourth-order valence-electron chi connectivity index (χ4n) is 2.07. The van der Waals surface area contributed by atoms with Gasteiger partial charge in [0.25, 0.3) is 0 Å². The molecule has 1 saturated heterocycles. The van der Waals surface area contributed by atoms with E-state index in [1.165, 1.54) is 38.8 Å². The highest BCUT2D eigenvalue weighted by molar-refractivity contribution is 4.76. The molecule has 1 rings (SSSR count). The summed E-state index contributed by atoms with van der Waals surface area (Å²) < 4.78 is 0. The minimum Gasteiger partial charge on any atom is -0.315 e. The zero-order valence-corrected chi connectivity index (χ0v) is 9.34. The molecule has 2 nitrogen and oxygen atoms in total. The molecule has 78 valence electrons. The van der Waals surface area contributed by atoms with E-state index in [2.05, 4.69) is 31.1 Å². The van der Waals surface area contributed by atoms with Crippen molar-refractivity contribution >= 4 is 0 Å². The van der Waals surface area contributed by atoms with Gasteiger partial charge in [0.1, 0.15) is 0 Å². The SMILES string of the molecule is CC(C)NCCCC1CCCN1C. The van der Waals surface area contributed by atoms with Crippen molar-refractivity contribution in [1.29, 1.82) is 0 Å². The monoisotopic (exact) mass is 184 g/mol. The normalized spacial score (nSPS) is 24.5. The lowest BCUT2D eigenvalue weighted by atomic mass is 10.1. The molecule has 0 bridgehead atoms. The zero-order chi connectivity index (χ0) is 9.68. The molecule has 13 heavy (non-hydrogen) atoms. The average molecular weight is 184 g/mol. The van der Waals surface area contributed by atoms with Crippen LogP contribution in [0.2, 0.25) is 0 Å². The van der Waals surface area contributed by atoms with Gasteiger partial charge in [-0.25, -0.2) is 0 Å². The van der Waals surface area contributed by atoms with Crippen LogP contribution in [0.3, 0.4) is 0 Å². The summed E-state index contributed by atoms with van der Waals surface area (Å²) in [6, 6.07) is 1.51. The third-order valence-corrected chi connectivity index (χ3v) is 2.94. The number of nitrogens with zero attached hydrogens (tertiary/aromatic N) is 1. The van der Waals surface area contributed by atoms with Crippen LogP contribution in [0.15, 0.2) is 0 Å². The predicted octanol–water partition coefficient (Wildman–Crippen LogP) is 1.86. The molecule has 0 amide bonds. The summed E-state index contributed by atoms with van der Waals surface area (Å²) in [5.74, 6) is 0. The second kappa shape index (κ2) is 5.61. The van der Waals surface area contributed by atoms with E-state index in [-0.39, 0.29) is 0 Å². The van der Waals surface area contributed by atoms with Gasteiger partial charge >= 0.3 is 0 Å². The van der Waals surface area contributed by atoms with Crippen molar-refractivity contribution in [2.45, 2.75) is 51.6 Å². The molecule has 2 heteroatoms. The molecule has 0 spiro atoms. The van der Waals surface area contributed by atoms with Crippen LogP contribution >= 0.6 is 0 Å². The predicted molar refractivity (Wildman–Crippen MR) is 58.0 cm³/mol. The highest BCUT2D eigenvalue weighted by Crippen LogP contribution is 2.18. The van der Waals surface area contributed by atoms with E-state index in [9.17, 15) is 0 Å². The fraction of sp³-hybridized carbons (Fsp3) is 1.00.